The van der Waals surface area contributed by atoms with Crippen molar-refractivity contribution in [1.29, 1.82) is 0 Å². The average Bonchev–Trinajstić information content (AvgIpc) is 3.65. The molecule has 4 saturated carbocycles. The van der Waals surface area contributed by atoms with E-state index < -0.39 is 0 Å². The van der Waals surface area contributed by atoms with Crippen molar-refractivity contribution in [1.82, 2.24) is 0 Å². The van der Waals surface area contributed by atoms with E-state index in [9.17, 15) is 0 Å². The summed E-state index contributed by atoms with van der Waals surface area (Å²) in [6.45, 7) is 10.5. The minimum atomic E-state index is -0.0133. The van der Waals surface area contributed by atoms with Crippen LogP contribution in [0.25, 0.3) is 0 Å². The molecule has 0 bridgehead atoms. The van der Waals surface area contributed by atoms with Crippen LogP contribution in [0.3, 0.4) is 0 Å². The first-order chi connectivity index (χ1) is 22.5. The lowest BCUT2D eigenvalue weighted by Gasteiger charge is -2.24. The van der Waals surface area contributed by atoms with Crippen molar-refractivity contribution in [2.24, 2.45) is 23.7 Å². The van der Waals surface area contributed by atoms with Gasteiger partial charge < -0.3 is 9.47 Å². The number of hydrogen-bond donors (Lipinski definition) is 0. The summed E-state index contributed by atoms with van der Waals surface area (Å²) in [6, 6.07) is 0. The van der Waals surface area contributed by atoms with Crippen molar-refractivity contribution in [3.8, 4) is 0 Å². The van der Waals surface area contributed by atoms with Crippen molar-refractivity contribution in [2.45, 2.75) is 259 Å². The highest BCUT2D eigenvalue weighted by molar-refractivity contribution is 4.76. The predicted molar refractivity (Wildman–Crippen MR) is 204 cm³/mol. The van der Waals surface area contributed by atoms with Gasteiger partial charge in [0.15, 0.2) is 6.29 Å². The number of unbranched alkanes of at least 4 members (excludes halogenated alkanes) is 6. The first kappa shape index (κ1) is 42.1. The van der Waals surface area contributed by atoms with E-state index in [4.69, 9.17) is 9.47 Å². The number of rotatable bonds is 14. The molecule has 4 aliphatic carbocycles. The van der Waals surface area contributed by atoms with E-state index in [2.05, 4.69) is 34.6 Å². The quantitative estimate of drug-likeness (QED) is 0.106. The Morgan fingerprint density at radius 2 is 0.630 bits per heavy atom. The second-order valence-corrected chi connectivity index (χ2v) is 16.7. The highest BCUT2D eigenvalue weighted by atomic mass is 16.7. The molecule has 0 saturated heterocycles. The molecule has 0 aromatic carbocycles. The molecular weight excluding hydrogens is 560 g/mol. The van der Waals surface area contributed by atoms with Crippen molar-refractivity contribution in [3.63, 3.8) is 0 Å². The van der Waals surface area contributed by atoms with E-state index in [0.29, 0.717) is 0 Å². The number of hydrogen-bond acceptors (Lipinski definition) is 2. The molecule has 0 aliphatic heterocycles. The van der Waals surface area contributed by atoms with Gasteiger partial charge in [0.1, 0.15) is 0 Å². The molecule has 4 fully saturated rings. The highest BCUT2D eigenvalue weighted by Gasteiger charge is 2.24. The third-order valence-electron chi connectivity index (χ3n) is 11.8. The van der Waals surface area contributed by atoms with Crippen molar-refractivity contribution < 1.29 is 9.47 Å². The smallest absolute Gasteiger partial charge is 0.158 e. The SMILES string of the molecule is C1CCCC(C2CCCCCC2)CC1.C1CCCC(C2CCCCCC2)CC1.CCCCCCCCCC(OC(C)C)OC(C)C. The Morgan fingerprint density at radius 1 is 0.370 bits per heavy atom. The minimum Gasteiger partial charge on any atom is -0.350 e. The van der Waals surface area contributed by atoms with E-state index >= 15 is 0 Å². The van der Waals surface area contributed by atoms with Gasteiger partial charge in [-0.25, -0.2) is 0 Å². The van der Waals surface area contributed by atoms with E-state index in [1.165, 1.54) is 148 Å². The first-order valence-corrected chi connectivity index (χ1v) is 21.8. The summed E-state index contributed by atoms with van der Waals surface area (Å²) in [7, 11) is 0. The summed E-state index contributed by atoms with van der Waals surface area (Å²) in [5.74, 6) is 4.48. The van der Waals surface area contributed by atoms with Gasteiger partial charge in [-0.1, -0.05) is 200 Å². The van der Waals surface area contributed by atoms with Crippen LogP contribution in [-0.2, 0) is 9.47 Å². The van der Waals surface area contributed by atoms with Crippen LogP contribution in [0.2, 0.25) is 0 Å². The van der Waals surface area contributed by atoms with Gasteiger partial charge in [0.2, 0.25) is 0 Å². The third kappa shape index (κ3) is 21.8. The predicted octanol–water partition coefficient (Wildman–Crippen LogP) is 15.2. The maximum Gasteiger partial charge on any atom is 0.158 e. The van der Waals surface area contributed by atoms with Crippen LogP contribution < -0.4 is 0 Å². The molecule has 46 heavy (non-hydrogen) atoms. The van der Waals surface area contributed by atoms with Gasteiger partial charge in [-0.3, -0.25) is 0 Å². The van der Waals surface area contributed by atoms with Gasteiger partial charge in [0.05, 0.1) is 12.2 Å². The third-order valence-corrected chi connectivity index (χ3v) is 11.8. The van der Waals surface area contributed by atoms with Crippen molar-refractivity contribution in [2.75, 3.05) is 0 Å². The molecule has 0 heterocycles. The molecule has 0 aromatic rings. The van der Waals surface area contributed by atoms with Crippen LogP contribution in [0, 0.1) is 23.7 Å². The fourth-order valence-electron chi connectivity index (χ4n) is 9.17. The van der Waals surface area contributed by atoms with E-state index in [-0.39, 0.29) is 18.5 Å². The molecule has 0 aromatic heterocycles. The standard InChI is InChI=1S/C16H34O2.2C14H26/c1-6-7-8-9-10-11-12-13-16(17-14(2)3)18-15(4)5;2*1-2-6-10-13(9-5-1)14-11-7-3-4-8-12-14/h14-16H,6-13H2,1-5H3;2*13-14H,1-12H2. The Labute approximate surface area is 291 Å². The van der Waals surface area contributed by atoms with Crippen molar-refractivity contribution in [3.05, 3.63) is 0 Å². The van der Waals surface area contributed by atoms with Crippen LogP contribution in [-0.4, -0.2) is 18.5 Å². The fourth-order valence-corrected chi connectivity index (χ4v) is 9.17. The molecule has 0 atom stereocenters. The zero-order valence-corrected chi connectivity index (χ0v) is 32.5. The zero-order chi connectivity index (χ0) is 33.1. The van der Waals surface area contributed by atoms with E-state index in [1.54, 1.807) is 51.4 Å². The summed E-state index contributed by atoms with van der Waals surface area (Å²) < 4.78 is 11.6. The molecule has 0 unspecified atom stereocenters. The van der Waals surface area contributed by atoms with Crippen LogP contribution in [0.15, 0.2) is 0 Å². The maximum atomic E-state index is 5.78. The molecule has 0 radical (unpaired) electrons. The van der Waals surface area contributed by atoms with Crippen LogP contribution in [0.5, 0.6) is 0 Å². The monoisotopic (exact) mass is 647 g/mol. The van der Waals surface area contributed by atoms with E-state index in [0.717, 1.165) is 30.1 Å². The summed E-state index contributed by atoms with van der Waals surface area (Å²) >= 11 is 0. The molecular formula is C44H86O2. The lowest BCUT2D eigenvalue weighted by molar-refractivity contribution is -0.184. The molecule has 4 rings (SSSR count). The molecule has 2 heteroatoms. The Bertz CT molecular complexity index is 530. The second-order valence-electron chi connectivity index (χ2n) is 16.7. The van der Waals surface area contributed by atoms with Gasteiger partial charge in [0.25, 0.3) is 0 Å². The fraction of sp³-hybridized carbons (Fsp3) is 1.00. The van der Waals surface area contributed by atoms with E-state index in [1.807, 2.05) is 0 Å². The Morgan fingerprint density at radius 3 is 0.891 bits per heavy atom. The largest absolute Gasteiger partial charge is 0.350 e. The first-order valence-electron chi connectivity index (χ1n) is 21.8. The van der Waals surface area contributed by atoms with Gasteiger partial charge >= 0.3 is 0 Å². The van der Waals surface area contributed by atoms with Crippen LogP contribution in [0.4, 0.5) is 0 Å². The summed E-state index contributed by atoms with van der Waals surface area (Å²) in [5, 5.41) is 0. The van der Waals surface area contributed by atoms with Gasteiger partial charge in [0, 0.05) is 0 Å². The average molecular weight is 647 g/mol. The molecule has 0 spiro atoms. The molecule has 274 valence electrons. The summed E-state index contributed by atoms with van der Waals surface area (Å²) in [5.41, 5.74) is 0. The van der Waals surface area contributed by atoms with Gasteiger partial charge in [-0.2, -0.15) is 0 Å². The Hall–Kier alpha value is -0.0800. The highest BCUT2D eigenvalue weighted by Crippen LogP contribution is 2.37. The van der Waals surface area contributed by atoms with Crippen molar-refractivity contribution >= 4 is 0 Å². The topological polar surface area (TPSA) is 18.5 Å². The Balaban J connectivity index is 0.000000242. The lowest BCUT2D eigenvalue weighted by atomic mass is 9.81. The minimum absolute atomic E-state index is 0.0133. The molecule has 0 amide bonds. The van der Waals surface area contributed by atoms with Crippen LogP contribution >= 0.6 is 0 Å². The second kappa shape index (κ2) is 28.7. The molecule has 0 N–H and O–H groups in total. The van der Waals surface area contributed by atoms with Gasteiger partial charge in [-0.15, -0.1) is 0 Å². The van der Waals surface area contributed by atoms with Gasteiger partial charge in [-0.05, 0) is 64.2 Å². The van der Waals surface area contributed by atoms with Crippen LogP contribution in [0.1, 0.15) is 240 Å². The summed E-state index contributed by atoms with van der Waals surface area (Å²) in [6.07, 6.45) is 47.7. The normalized spacial score (nSPS) is 21.9. The zero-order valence-electron chi connectivity index (χ0n) is 32.5. The summed E-state index contributed by atoms with van der Waals surface area (Å²) in [4.78, 5) is 0. The Kier molecular flexibility index (Phi) is 26.3. The maximum absolute atomic E-state index is 5.78. The lowest BCUT2D eigenvalue weighted by Crippen LogP contribution is -2.24. The molecule has 4 aliphatic rings. The number of ether oxygens (including phenoxy) is 2. The molecule has 2 nitrogen and oxygen atoms in total.